The normalized spacial score (nSPS) is 11.9. The molecule has 3 aromatic rings. The Bertz CT molecular complexity index is 773. The van der Waals surface area contributed by atoms with E-state index in [0.717, 1.165) is 15.2 Å². The SMILES string of the molecule is NC(=NO)c1cc2ccccc2nc1Sc1nncs1. The zero-order valence-corrected chi connectivity index (χ0v) is 11.7. The van der Waals surface area contributed by atoms with Crippen LogP contribution < -0.4 is 5.73 Å². The largest absolute Gasteiger partial charge is 0.409 e. The Kier molecular flexibility index (Phi) is 3.48. The highest BCUT2D eigenvalue weighted by Crippen LogP contribution is 2.31. The van der Waals surface area contributed by atoms with E-state index in [-0.39, 0.29) is 5.84 Å². The summed E-state index contributed by atoms with van der Waals surface area (Å²) in [6.45, 7) is 0. The lowest BCUT2D eigenvalue weighted by molar-refractivity contribution is 0.318. The molecule has 0 aliphatic heterocycles. The van der Waals surface area contributed by atoms with Crippen LogP contribution in [-0.2, 0) is 0 Å². The molecule has 0 saturated heterocycles. The fourth-order valence-corrected chi connectivity index (χ4v) is 3.21. The van der Waals surface area contributed by atoms with Crippen molar-refractivity contribution in [1.29, 1.82) is 0 Å². The van der Waals surface area contributed by atoms with Crippen LogP contribution >= 0.6 is 23.1 Å². The van der Waals surface area contributed by atoms with E-state index in [4.69, 9.17) is 10.9 Å². The highest BCUT2D eigenvalue weighted by Gasteiger charge is 2.13. The molecule has 8 heteroatoms. The second-order valence-electron chi connectivity index (χ2n) is 3.83. The second-order valence-corrected chi connectivity index (χ2v) is 5.89. The molecule has 0 aliphatic rings. The molecule has 0 saturated carbocycles. The zero-order valence-electron chi connectivity index (χ0n) is 10.1. The van der Waals surface area contributed by atoms with E-state index in [9.17, 15) is 0 Å². The number of oxime groups is 1. The summed E-state index contributed by atoms with van der Waals surface area (Å²) in [5.74, 6) is 0.0234. The van der Waals surface area contributed by atoms with Crippen molar-refractivity contribution >= 4 is 39.8 Å². The maximum atomic E-state index is 8.91. The van der Waals surface area contributed by atoms with Crippen LogP contribution in [0.2, 0.25) is 0 Å². The van der Waals surface area contributed by atoms with Crippen molar-refractivity contribution < 1.29 is 5.21 Å². The van der Waals surface area contributed by atoms with Gasteiger partial charge in [0.15, 0.2) is 10.2 Å². The molecular formula is C12H9N5OS2. The third-order valence-electron chi connectivity index (χ3n) is 2.60. The highest BCUT2D eigenvalue weighted by molar-refractivity contribution is 8.01. The monoisotopic (exact) mass is 303 g/mol. The molecule has 0 amide bonds. The Morgan fingerprint density at radius 3 is 2.95 bits per heavy atom. The number of nitrogens with zero attached hydrogens (tertiary/aromatic N) is 4. The van der Waals surface area contributed by atoms with Gasteiger partial charge in [-0.1, -0.05) is 34.7 Å². The summed E-state index contributed by atoms with van der Waals surface area (Å²) in [5.41, 5.74) is 8.79. The van der Waals surface area contributed by atoms with E-state index in [1.807, 2.05) is 30.3 Å². The topological polar surface area (TPSA) is 97.3 Å². The summed E-state index contributed by atoms with van der Waals surface area (Å²) in [7, 11) is 0. The van der Waals surface area contributed by atoms with E-state index in [2.05, 4.69) is 20.3 Å². The Morgan fingerprint density at radius 1 is 1.35 bits per heavy atom. The van der Waals surface area contributed by atoms with Crippen molar-refractivity contribution in [2.45, 2.75) is 9.37 Å². The molecule has 3 N–H and O–H groups in total. The minimum Gasteiger partial charge on any atom is -0.409 e. The van der Waals surface area contributed by atoms with Crippen LogP contribution in [0.15, 0.2) is 50.4 Å². The quantitative estimate of drug-likeness (QED) is 0.333. The molecule has 6 nitrogen and oxygen atoms in total. The summed E-state index contributed by atoms with van der Waals surface area (Å²) >= 11 is 2.75. The van der Waals surface area contributed by atoms with E-state index in [1.54, 1.807) is 5.51 Å². The number of fused-ring (bicyclic) bond motifs is 1. The third-order valence-corrected chi connectivity index (χ3v) is 4.38. The minimum absolute atomic E-state index is 0.0234. The van der Waals surface area contributed by atoms with Gasteiger partial charge in [0.2, 0.25) is 0 Å². The van der Waals surface area contributed by atoms with Crippen LogP contribution in [0.5, 0.6) is 0 Å². The summed E-state index contributed by atoms with van der Waals surface area (Å²) in [6, 6.07) is 9.52. The Balaban J connectivity index is 2.16. The van der Waals surface area contributed by atoms with Gasteiger partial charge in [0.05, 0.1) is 11.1 Å². The standard InChI is InChI=1S/C12H9N5OS2/c13-10(17-18)8-5-7-3-1-2-4-9(7)15-11(8)20-12-16-14-6-19-12/h1-6,18H,(H2,13,17). The van der Waals surface area contributed by atoms with E-state index in [1.165, 1.54) is 23.1 Å². The number of hydrogen-bond acceptors (Lipinski definition) is 7. The first-order valence-corrected chi connectivity index (χ1v) is 7.29. The van der Waals surface area contributed by atoms with Gasteiger partial charge in [-0.25, -0.2) is 4.98 Å². The lowest BCUT2D eigenvalue weighted by Gasteiger charge is -2.07. The Hall–Kier alpha value is -2.19. The summed E-state index contributed by atoms with van der Waals surface area (Å²) in [6.07, 6.45) is 0. The van der Waals surface area contributed by atoms with Gasteiger partial charge in [0.1, 0.15) is 10.5 Å². The first kappa shape index (κ1) is 12.8. The molecule has 1 aromatic carbocycles. The van der Waals surface area contributed by atoms with Gasteiger partial charge in [-0.2, -0.15) is 0 Å². The van der Waals surface area contributed by atoms with E-state index in [0.29, 0.717) is 10.6 Å². The highest BCUT2D eigenvalue weighted by atomic mass is 32.2. The molecular weight excluding hydrogens is 294 g/mol. The van der Waals surface area contributed by atoms with Crippen molar-refractivity contribution in [3.05, 3.63) is 41.4 Å². The number of amidine groups is 1. The number of pyridine rings is 1. The molecule has 2 heterocycles. The van der Waals surface area contributed by atoms with Gasteiger partial charge in [-0.05, 0) is 23.9 Å². The van der Waals surface area contributed by atoms with Gasteiger partial charge >= 0.3 is 0 Å². The number of benzene rings is 1. The van der Waals surface area contributed by atoms with Crippen LogP contribution in [-0.4, -0.2) is 26.2 Å². The second kappa shape index (κ2) is 5.43. The lowest BCUT2D eigenvalue weighted by atomic mass is 10.1. The van der Waals surface area contributed by atoms with Crippen LogP contribution in [0.25, 0.3) is 10.9 Å². The summed E-state index contributed by atoms with van der Waals surface area (Å²) in [4.78, 5) is 4.55. The molecule has 0 fully saturated rings. The van der Waals surface area contributed by atoms with Crippen molar-refractivity contribution in [3.63, 3.8) is 0 Å². The van der Waals surface area contributed by atoms with E-state index < -0.39 is 0 Å². The van der Waals surface area contributed by atoms with Crippen molar-refractivity contribution in [2.75, 3.05) is 0 Å². The van der Waals surface area contributed by atoms with E-state index >= 15 is 0 Å². The third kappa shape index (κ3) is 2.43. The average molecular weight is 303 g/mol. The van der Waals surface area contributed by atoms with Gasteiger partial charge < -0.3 is 10.9 Å². The van der Waals surface area contributed by atoms with Gasteiger partial charge in [-0.15, -0.1) is 10.2 Å². The molecule has 0 bridgehead atoms. The number of nitrogens with two attached hydrogens (primary N) is 1. The first-order valence-electron chi connectivity index (χ1n) is 5.59. The zero-order chi connectivity index (χ0) is 13.9. The predicted octanol–water partition coefficient (Wildman–Crippen LogP) is 2.33. The number of hydrogen-bond donors (Lipinski definition) is 2. The maximum absolute atomic E-state index is 8.91. The van der Waals surface area contributed by atoms with Gasteiger partial charge in [0, 0.05) is 5.39 Å². The maximum Gasteiger partial charge on any atom is 0.180 e. The fraction of sp³-hybridized carbons (Fsp3) is 0. The molecule has 0 atom stereocenters. The first-order chi connectivity index (χ1) is 9.78. The minimum atomic E-state index is 0.0234. The molecule has 2 aromatic heterocycles. The molecule has 0 radical (unpaired) electrons. The number of rotatable bonds is 3. The predicted molar refractivity (Wildman–Crippen MR) is 78.3 cm³/mol. The molecule has 100 valence electrons. The van der Waals surface area contributed by atoms with Crippen LogP contribution in [0.1, 0.15) is 5.56 Å². The van der Waals surface area contributed by atoms with Crippen LogP contribution in [0, 0.1) is 0 Å². The molecule has 0 spiro atoms. The van der Waals surface area contributed by atoms with Gasteiger partial charge in [-0.3, -0.25) is 0 Å². The summed E-state index contributed by atoms with van der Waals surface area (Å²) < 4.78 is 0.750. The summed E-state index contributed by atoms with van der Waals surface area (Å²) in [5, 5.41) is 21.3. The van der Waals surface area contributed by atoms with Crippen LogP contribution in [0.4, 0.5) is 0 Å². The average Bonchev–Trinajstić information content (AvgIpc) is 2.98. The molecule has 3 rings (SSSR count). The number of aromatic nitrogens is 3. The van der Waals surface area contributed by atoms with Crippen LogP contribution in [0.3, 0.4) is 0 Å². The van der Waals surface area contributed by atoms with Crippen molar-refractivity contribution in [1.82, 2.24) is 15.2 Å². The van der Waals surface area contributed by atoms with Crippen molar-refractivity contribution in [2.24, 2.45) is 10.9 Å². The molecule has 0 aliphatic carbocycles. The molecule has 0 unspecified atom stereocenters. The van der Waals surface area contributed by atoms with Gasteiger partial charge in [0.25, 0.3) is 0 Å². The van der Waals surface area contributed by atoms with Crippen molar-refractivity contribution in [3.8, 4) is 0 Å². The smallest absolute Gasteiger partial charge is 0.180 e. The number of para-hydroxylation sites is 1. The molecule has 20 heavy (non-hydrogen) atoms. The fourth-order valence-electron chi connectivity index (χ4n) is 1.70. The Labute approximate surface area is 122 Å². The lowest BCUT2D eigenvalue weighted by Crippen LogP contribution is -2.15. The Morgan fingerprint density at radius 2 is 2.20 bits per heavy atom.